The molecule has 0 saturated carbocycles. The standard InChI is InChI=1S/C9H5F3N2/c10-9(11,12)8-5-6-3-1-2-4-7(6)13-14-8/h1-5H. The molecule has 0 bridgehead atoms. The average molecular weight is 198 g/mol. The summed E-state index contributed by atoms with van der Waals surface area (Å²) in [5.41, 5.74) is -0.503. The van der Waals surface area contributed by atoms with Gasteiger partial charge in [-0.15, -0.1) is 10.2 Å². The predicted octanol–water partition coefficient (Wildman–Crippen LogP) is 2.65. The van der Waals surface area contributed by atoms with E-state index in [1.165, 1.54) is 0 Å². The molecule has 72 valence electrons. The molecule has 2 aromatic rings. The van der Waals surface area contributed by atoms with Crippen LogP contribution in [-0.4, -0.2) is 10.2 Å². The van der Waals surface area contributed by atoms with Crippen LogP contribution >= 0.6 is 0 Å². The fourth-order valence-corrected chi connectivity index (χ4v) is 1.12. The van der Waals surface area contributed by atoms with E-state index in [-0.39, 0.29) is 0 Å². The molecule has 0 aliphatic heterocycles. The van der Waals surface area contributed by atoms with Gasteiger partial charge in [0.25, 0.3) is 0 Å². The van der Waals surface area contributed by atoms with Crippen LogP contribution in [0, 0.1) is 0 Å². The van der Waals surface area contributed by atoms with Gasteiger partial charge in [0.2, 0.25) is 0 Å². The highest BCUT2D eigenvalue weighted by molar-refractivity contribution is 5.77. The van der Waals surface area contributed by atoms with Crippen molar-refractivity contribution in [3.05, 3.63) is 36.0 Å². The molecule has 0 aliphatic carbocycles. The Hall–Kier alpha value is -1.65. The SMILES string of the molecule is FC(F)(F)c1cc2ccccc2nn1. The molecule has 1 aromatic heterocycles. The molecule has 0 unspecified atom stereocenters. The summed E-state index contributed by atoms with van der Waals surface area (Å²) in [5.74, 6) is 0. The molecule has 5 heteroatoms. The van der Waals surface area contributed by atoms with Crippen molar-refractivity contribution in [1.82, 2.24) is 10.2 Å². The first kappa shape index (κ1) is 8.93. The number of aromatic nitrogens is 2. The Bertz CT molecular complexity index is 465. The summed E-state index contributed by atoms with van der Waals surface area (Å²) in [7, 11) is 0. The molecule has 0 saturated heterocycles. The van der Waals surface area contributed by atoms with Crippen LogP contribution in [0.1, 0.15) is 5.69 Å². The largest absolute Gasteiger partial charge is 0.435 e. The first-order chi connectivity index (χ1) is 6.57. The van der Waals surface area contributed by atoms with Crippen molar-refractivity contribution in [2.45, 2.75) is 6.18 Å². The molecule has 0 atom stereocenters. The van der Waals surface area contributed by atoms with E-state index >= 15 is 0 Å². The second-order valence-corrected chi connectivity index (χ2v) is 2.79. The maximum atomic E-state index is 12.2. The zero-order valence-electron chi connectivity index (χ0n) is 6.92. The van der Waals surface area contributed by atoms with Gasteiger partial charge in [0.15, 0.2) is 5.69 Å². The maximum Gasteiger partial charge on any atom is 0.435 e. The number of alkyl halides is 3. The summed E-state index contributed by atoms with van der Waals surface area (Å²) >= 11 is 0. The highest BCUT2D eigenvalue weighted by atomic mass is 19.4. The average Bonchev–Trinajstić information content (AvgIpc) is 2.16. The van der Waals surface area contributed by atoms with Crippen LogP contribution in [0.3, 0.4) is 0 Å². The molecule has 1 aromatic carbocycles. The molecule has 0 fully saturated rings. The van der Waals surface area contributed by atoms with Crippen molar-refractivity contribution < 1.29 is 13.2 Å². The van der Waals surface area contributed by atoms with E-state index in [0.29, 0.717) is 10.9 Å². The van der Waals surface area contributed by atoms with Crippen molar-refractivity contribution in [3.63, 3.8) is 0 Å². The topological polar surface area (TPSA) is 25.8 Å². The quantitative estimate of drug-likeness (QED) is 0.650. The lowest BCUT2D eigenvalue weighted by Crippen LogP contribution is -2.08. The summed E-state index contributed by atoms with van der Waals surface area (Å²) in [6.45, 7) is 0. The lowest BCUT2D eigenvalue weighted by Gasteiger charge is -2.04. The van der Waals surface area contributed by atoms with Crippen molar-refractivity contribution in [1.29, 1.82) is 0 Å². The van der Waals surface area contributed by atoms with Gasteiger partial charge in [-0.05, 0) is 12.1 Å². The molecule has 2 rings (SSSR count). The summed E-state index contributed by atoms with van der Waals surface area (Å²) in [4.78, 5) is 0. The Kier molecular flexibility index (Phi) is 1.87. The number of fused-ring (bicyclic) bond motifs is 1. The monoisotopic (exact) mass is 198 g/mol. The molecule has 1 heterocycles. The van der Waals surface area contributed by atoms with Crippen LogP contribution in [0.4, 0.5) is 13.2 Å². The highest BCUT2D eigenvalue weighted by Crippen LogP contribution is 2.28. The number of halogens is 3. The van der Waals surface area contributed by atoms with Crippen LogP contribution in [0.2, 0.25) is 0 Å². The third-order valence-corrected chi connectivity index (χ3v) is 1.78. The third kappa shape index (κ3) is 1.53. The van der Waals surface area contributed by atoms with Gasteiger partial charge in [-0.25, -0.2) is 0 Å². The van der Waals surface area contributed by atoms with Crippen LogP contribution < -0.4 is 0 Å². The lowest BCUT2D eigenvalue weighted by molar-refractivity contribution is -0.141. The van der Waals surface area contributed by atoms with E-state index < -0.39 is 11.9 Å². The second-order valence-electron chi connectivity index (χ2n) is 2.79. The van der Waals surface area contributed by atoms with E-state index in [9.17, 15) is 13.2 Å². The number of hydrogen-bond donors (Lipinski definition) is 0. The van der Waals surface area contributed by atoms with Gasteiger partial charge in [-0.2, -0.15) is 13.2 Å². The number of benzene rings is 1. The van der Waals surface area contributed by atoms with Gasteiger partial charge >= 0.3 is 6.18 Å². The normalized spacial score (nSPS) is 11.9. The Morgan fingerprint density at radius 1 is 1.00 bits per heavy atom. The Morgan fingerprint density at radius 3 is 2.43 bits per heavy atom. The molecule has 2 nitrogen and oxygen atoms in total. The molecule has 0 N–H and O–H groups in total. The fourth-order valence-electron chi connectivity index (χ4n) is 1.12. The zero-order valence-corrected chi connectivity index (χ0v) is 6.92. The maximum absolute atomic E-state index is 12.2. The van der Waals surface area contributed by atoms with Crippen LogP contribution in [0.5, 0.6) is 0 Å². The molecular formula is C9H5F3N2. The molecule has 0 amide bonds. The Morgan fingerprint density at radius 2 is 1.71 bits per heavy atom. The van der Waals surface area contributed by atoms with E-state index in [1.807, 2.05) is 0 Å². The molecule has 0 aliphatic rings. The minimum Gasteiger partial charge on any atom is -0.164 e. The molecular weight excluding hydrogens is 193 g/mol. The summed E-state index contributed by atoms with van der Waals surface area (Å²) in [5, 5.41) is 7.02. The predicted molar refractivity (Wildman–Crippen MR) is 44.5 cm³/mol. The van der Waals surface area contributed by atoms with Gasteiger partial charge in [0.05, 0.1) is 5.52 Å². The van der Waals surface area contributed by atoms with Crippen molar-refractivity contribution >= 4 is 10.9 Å². The Balaban J connectivity index is 2.63. The van der Waals surface area contributed by atoms with Gasteiger partial charge in [-0.1, -0.05) is 18.2 Å². The first-order valence-corrected chi connectivity index (χ1v) is 3.87. The van der Waals surface area contributed by atoms with Gasteiger partial charge in [0.1, 0.15) is 0 Å². The van der Waals surface area contributed by atoms with Crippen LogP contribution in [-0.2, 0) is 6.18 Å². The zero-order chi connectivity index (χ0) is 10.2. The second kappa shape index (κ2) is 2.94. The highest BCUT2D eigenvalue weighted by Gasteiger charge is 2.33. The molecule has 0 spiro atoms. The summed E-state index contributed by atoms with van der Waals surface area (Å²) < 4.78 is 36.6. The number of hydrogen-bond acceptors (Lipinski definition) is 2. The van der Waals surface area contributed by atoms with Crippen molar-refractivity contribution in [2.75, 3.05) is 0 Å². The van der Waals surface area contributed by atoms with Crippen LogP contribution in [0.25, 0.3) is 10.9 Å². The van der Waals surface area contributed by atoms with E-state index in [4.69, 9.17) is 0 Å². The smallest absolute Gasteiger partial charge is 0.164 e. The summed E-state index contributed by atoms with van der Waals surface area (Å²) in [6, 6.07) is 7.53. The summed E-state index contributed by atoms with van der Waals surface area (Å²) in [6.07, 6.45) is -4.43. The van der Waals surface area contributed by atoms with E-state index in [1.54, 1.807) is 24.3 Å². The first-order valence-electron chi connectivity index (χ1n) is 3.87. The van der Waals surface area contributed by atoms with Crippen molar-refractivity contribution in [3.8, 4) is 0 Å². The van der Waals surface area contributed by atoms with Crippen LogP contribution in [0.15, 0.2) is 30.3 Å². The van der Waals surface area contributed by atoms with Gasteiger partial charge in [0, 0.05) is 5.39 Å². The van der Waals surface area contributed by atoms with E-state index in [2.05, 4.69) is 10.2 Å². The number of rotatable bonds is 0. The molecule has 14 heavy (non-hydrogen) atoms. The lowest BCUT2D eigenvalue weighted by atomic mass is 10.2. The number of nitrogens with zero attached hydrogens (tertiary/aromatic N) is 2. The van der Waals surface area contributed by atoms with Crippen molar-refractivity contribution in [2.24, 2.45) is 0 Å². The van der Waals surface area contributed by atoms with E-state index in [0.717, 1.165) is 6.07 Å². The van der Waals surface area contributed by atoms with Gasteiger partial charge < -0.3 is 0 Å². The minimum atomic E-state index is -4.43. The van der Waals surface area contributed by atoms with Gasteiger partial charge in [-0.3, -0.25) is 0 Å². The minimum absolute atomic E-state index is 0.440. The third-order valence-electron chi connectivity index (χ3n) is 1.78. The fraction of sp³-hybridized carbons (Fsp3) is 0.111. The molecule has 0 radical (unpaired) electrons. The Labute approximate surface area is 77.4 Å².